The zero-order valence-electron chi connectivity index (χ0n) is 12.7. The van der Waals surface area contributed by atoms with Crippen molar-refractivity contribution >= 4 is 11.8 Å². The molecule has 0 amide bonds. The summed E-state index contributed by atoms with van der Waals surface area (Å²) in [6.45, 7) is -2.26. The molecule has 0 saturated carbocycles. The van der Waals surface area contributed by atoms with Gasteiger partial charge in [-0.3, -0.25) is 4.79 Å². The van der Waals surface area contributed by atoms with Gasteiger partial charge in [0.25, 0.3) is 5.78 Å². The van der Waals surface area contributed by atoms with Gasteiger partial charge in [0.15, 0.2) is 13.2 Å². The first-order chi connectivity index (χ1) is 11.4. The van der Waals surface area contributed by atoms with E-state index in [1.165, 1.54) is 6.92 Å². The number of carbonyl (C=O) groups excluding carboxylic acids is 2. The van der Waals surface area contributed by atoms with Gasteiger partial charge in [0.05, 0.1) is 12.2 Å². The smallest absolute Gasteiger partial charge is 0.422 e. The summed E-state index contributed by atoms with van der Waals surface area (Å²) in [6, 6.07) is 2.35. The highest BCUT2D eigenvalue weighted by atomic mass is 19.4. The number of benzene rings is 1. The Bertz CT molecular complexity index is 623. The van der Waals surface area contributed by atoms with Crippen LogP contribution in [0.2, 0.25) is 0 Å². The van der Waals surface area contributed by atoms with Crippen LogP contribution in [0.15, 0.2) is 18.2 Å². The molecule has 140 valence electrons. The highest BCUT2D eigenvalue weighted by Crippen LogP contribution is 2.28. The Kier molecular flexibility index (Phi) is 6.65. The maximum Gasteiger partial charge on any atom is 0.422 e. The van der Waals surface area contributed by atoms with E-state index in [4.69, 9.17) is 0 Å². The lowest BCUT2D eigenvalue weighted by atomic mass is 10.1. The van der Waals surface area contributed by atoms with E-state index >= 15 is 0 Å². The number of ketones is 1. The number of hydrogen-bond acceptors (Lipinski definition) is 5. The monoisotopic (exact) mass is 374 g/mol. The Balaban J connectivity index is 3.10. The Hall–Kier alpha value is -2.46. The number of esters is 1. The minimum Gasteiger partial charge on any atom is -0.484 e. The SMILES string of the molecule is CCOC(=O)C(=O)c1cc(OCC(F)(F)F)ccc1OCC(F)(F)F. The fraction of sp³-hybridized carbons (Fsp3) is 0.429. The van der Waals surface area contributed by atoms with Crippen LogP contribution in [0.4, 0.5) is 26.3 Å². The molecule has 11 heteroatoms. The average molecular weight is 374 g/mol. The molecule has 0 aliphatic heterocycles. The number of hydrogen-bond donors (Lipinski definition) is 0. The van der Waals surface area contributed by atoms with E-state index in [-0.39, 0.29) is 6.61 Å². The topological polar surface area (TPSA) is 61.8 Å². The fourth-order valence-corrected chi connectivity index (χ4v) is 1.53. The number of ether oxygens (including phenoxy) is 3. The van der Waals surface area contributed by atoms with E-state index in [9.17, 15) is 35.9 Å². The second-order valence-corrected chi connectivity index (χ2v) is 4.52. The van der Waals surface area contributed by atoms with Crippen LogP contribution in [0, 0.1) is 0 Å². The van der Waals surface area contributed by atoms with Gasteiger partial charge in [0, 0.05) is 0 Å². The molecule has 1 aromatic rings. The third kappa shape index (κ3) is 7.31. The number of halogens is 6. The van der Waals surface area contributed by atoms with Crippen LogP contribution in [0.5, 0.6) is 11.5 Å². The first-order valence-corrected chi connectivity index (χ1v) is 6.67. The van der Waals surface area contributed by atoms with Gasteiger partial charge in [0.2, 0.25) is 0 Å². The van der Waals surface area contributed by atoms with Crippen molar-refractivity contribution in [1.82, 2.24) is 0 Å². The zero-order chi connectivity index (χ0) is 19.3. The molecule has 0 aliphatic rings. The molecule has 1 aromatic carbocycles. The van der Waals surface area contributed by atoms with Crippen LogP contribution in [0.1, 0.15) is 17.3 Å². The van der Waals surface area contributed by atoms with E-state index in [0.717, 1.165) is 12.1 Å². The minimum atomic E-state index is -4.73. The van der Waals surface area contributed by atoms with Gasteiger partial charge in [-0.2, -0.15) is 26.3 Å². The van der Waals surface area contributed by atoms with E-state index in [2.05, 4.69) is 14.2 Å². The van der Waals surface area contributed by atoms with Gasteiger partial charge in [-0.1, -0.05) is 0 Å². The molecular formula is C14H12F6O5. The molecule has 0 atom stereocenters. The number of Topliss-reactive ketones (excluding diaryl/α,β-unsaturated/α-hetero) is 1. The van der Waals surface area contributed by atoms with Crippen molar-refractivity contribution in [2.45, 2.75) is 19.3 Å². The first kappa shape index (κ1) is 20.6. The summed E-state index contributed by atoms with van der Waals surface area (Å²) < 4.78 is 86.4. The highest BCUT2D eigenvalue weighted by molar-refractivity contribution is 6.41. The van der Waals surface area contributed by atoms with Crippen molar-refractivity contribution in [2.75, 3.05) is 19.8 Å². The zero-order valence-corrected chi connectivity index (χ0v) is 12.7. The van der Waals surface area contributed by atoms with Gasteiger partial charge in [0.1, 0.15) is 11.5 Å². The van der Waals surface area contributed by atoms with Crippen LogP contribution in [0.25, 0.3) is 0 Å². The Morgan fingerprint density at radius 2 is 1.52 bits per heavy atom. The van der Waals surface area contributed by atoms with Crippen molar-refractivity contribution in [1.29, 1.82) is 0 Å². The molecule has 25 heavy (non-hydrogen) atoms. The van der Waals surface area contributed by atoms with E-state index in [0.29, 0.717) is 6.07 Å². The number of alkyl halides is 6. The van der Waals surface area contributed by atoms with Gasteiger partial charge >= 0.3 is 18.3 Å². The second-order valence-electron chi connectivity index (χ2n) is 4.52. The molecule has 5 nitrogen and oxygen atoms in total. The summed E-state index contributed by atoms with van der Waals surface area (Å²) in [7, 11) is 0. The molecule has 0 saturated heterocycles. The minimum absolute atomic E-state index is 0.187. The van der Waals surface area contributed by atoms with E-state index in [1.54, 1.807) is 0 Å². The summed E-state index contributed by atoms with van der Waals surface area (Å²) in [4.78, 5) is 23.4. The highest BCUT2D eigenvalue weighted by Gasteiger charge is 2.31. The van der Waals surface area contributed by atoms with Crippen LogP contribution >= 0.6 is 0 Å². The van der Waals surface area contributed by atoms with Crippen molar-refractivity contribution in [2.24, 2.45) is 0 Å². The van der Waals surface area contributed by atoms with Gasteiger partial charge in [-0.05, 0) is 25.1 Å². The van der Waals surface area contributed by atoms with Crippen molar-refractivity contribution in [3.05, 3.63) is 23.8 Å². The van der Waals surface area contributed by atoms with E-state index < -0.39 is 54.4 Å². The van der Waals surface area contributed by atoms with Gasteiger partial charge in [-0.15, -0.1) is 0 Å². The number of carbonyl (C=O) groups is 2. The van der Waals surface area contributed by atoms with Gasteiger partial charge in [-0.25, -0.2) is 4.79 Å². The number of rotatable bonds is 7. The lowest BCUT2D eigenvalue weighted by Crippen LogP contribution is -2.23. The molecule has 0 radical (unpaired) electrons. The summed E-state index contributed by atoms with van der Waals surface area (Å²) >= 11 is 0. The van der Waals surface area contributed by atoms with Gasteiger partial charge < -0.3 is 14.2 Å². The molecule has 0 aromatic heterocycles. The predicted octanol–water partition coefficient (Wildman–Crippen LogP) is 3.31. The fourth-order valence-electron chi connectivity index (χ4n) is 1.53. The average Bonchev–Trinajstić information content (AvgIpc) is 2.49. The molecule has 0 spiro atoms. The van der Waals surface area contributed by atoms with Crippen molar-refractivity contribution < 1.29 is 50.1 Å². The maximum atomic E-state index is 12.2. The second kappa shape index (κ2) is 8.08. The van der Waals surface area contributed by atoms with Crippen LogP contribution in [-0.4, -0.2) is 43.9 Å². The largest absolute Gasteiger partial charge is 0.484 e. The first-order valence-electron chi connectivity index (χ1n) is 6.67. The van der Waals surface area contributed by atoms with Crippen molar-refractivity contribution in [3.63, 3.8) is 0 Å². The Morgan fingerprint density at radius 3 is 2.04 bits per heavy atom. The third-order valence-corrected chi connectivity index (χ3v) is 2.45. The normalized spacial score (nSPS) is 11.8. The maximum absolute atomic E-state index is 12.2. The summed E-state index contributed by atoms with van der Waals surface area (Å²) in [6.07, 6.45) is -9.40. The molecule has 0 heterocycles. The molecule has 0 unspecified atom stereocenters. The molecule has 0 bridgehead atoms. The lowest BCUT2D eigenvalue weighted by Gasteiger charge is -2.14. The quantitative estimate of drug-likeness (QED) is 0.317. The Morgan fingerprint density at radius 1 is 0.960 bits per heavy atom. The Labute approximate surface area is 137 Å². The molecule has 0 aliphatic carbocycles. The summed E-state index contributed by atoms with van der Waals surface area (Å²) in [5, 5.41) is 0. The predicted molar refractivity (Wildman–Crippen MR) is 70.5 cm³/mol. The summed E-state index contributed by atoms with van der Waals surface area (Å²) in [5.41, 5.74) is -0.706. The van der Waals surface area contributed by atoms with Crippen LogP contribution in [-0.2, 0) is 9.53 Å². The van der Waals surface area contributed by atoms with E-state index in [1.807, 2.05) is 0 Å². The molecule has 0 fully saturated rings. The molecule has 0 N–H and O–H groups in total. The van der Waals surface area contributed by atoms with Crippen LogP contribution < -0.4 is 9.47 Å². The van der Waals surface area contributed by atoms with Crippen molar-refractivity contribution in [3.8, 4) is 11.5 Å². The van der Waals surface area contributed by atoms with Crippen LogP contribution in [0.3, 0.4) is 0 Å². The standard InChI is InChI=1S/C14H12F6O5/c1-2-23-12(22)11(21)9-5-8(24-6-13(15,16)17)3-4-10(9)25-7-14(18,19)20/h3-5H,2,6-7H2,1H3. The molecular weight excluding hydrogens is 362 g/mol. The molecule has 1 rings (SSSR count). The third-order valence-electron chi connectivity index (χ3n) is 2.45. The summed E-state index contributed by atoms with van der Waals surface area (Å²) in [5.74, 6) is -3.90. The lowest BCUT2D eigenvalue weighted by molar-refractivity contribution is -0.154.